The fourth-order valence-electron chi connectivity index (χ4n) is 2.73. The molecule has 0 unspecified atom stereocenters. The highest BCUT2D eigenvalue weighted by atomic mass is 35.5. The summed E-state index contributed by atoms with van der Waals surface area (Å²) < 4.78 is 0.594. The Labute approximate surface area is 149 Å². The number of Topliss-reactive ketones (excluding diaryl/α,β-unsaturated/α-hetero) is 1. The standard InChI is InChI=1S/C17H18ClN3O2S/c18-16-3-2-15(24-16)14(22)1-4-17(23)21-11-9-20(10-12-21)13-5-7-19-8-6-13/h2-3,5-8H,1,4,9-12H2. The average Bonchev–Trinajstić information content (AvgIpc) is 3.07. The molecule has 0 aliphatic carbocycles. The second kappa shape index (κ2) is 7.77. The zero-order valence-electron chi connectivity index (χ0n) is 13.2. The van der Waals surface area contributed by atoms with Crippen molar-refractivity contribution in [1.82, 2.24) is 9.88 Å². The summed E-state index contributed by atoms with van der Waals surface area (Å²) in [6.07, 6.45) is 4.04. The minimum atomic E-state index is -0.0179. The molecule has 3 rings (SSSR count). The van der Waals surface area contributed by atoms with Crippen molar-refractivity contribution in [3.8, 4) is 0 Å². The Hall–Kier alpha value is -1.92. The van der Waals surface area contributed by atoms with Gasteiger partial charge in [-0.2, -0.15) is 0 Å². The van der Waals surface area contributed by atoms with Crippen molar-refractivity contribution in [2.45, 2.75) is 12.8 Å². The van der Waals surface area contributed by atoms with Gasteiger partial charge in [-0.15, -0.1) is 11.3 Å². The molecule has 0 spiro atoms. The summed E-state index contributed by atoms with van der Waals surface area (Å²) in [5, 5.41) is 0. The summed E-state index contributed by atoms with van der Waals surface area (Å²) in [4.78, 5) is 33.1. The van der Waals surface area contributed by atoms with Crippen molar-refractivity contribution in [2.24, 2.45) is 0 Å². The molecule has 1 aliphatic heterocycles. The molecule has 0 bridgehead atoms. The van der Waals surface area contributed by atoms with Gasteiger partial charge in [-0.3, -0.25) is 14.6 Å². The topological polar surface area (TPSA) is 53.5 Å². The molecular formula is C17H18ClN3O2S. The summed E-state index contributed by atoms with van der Waals surface area (Å²) >= 11 is 7.10. The lowest BCUT2D eigenvalue weighted by Gasteiger charge is -2.36. The van der Waals surface area contributed by atoms with Crippen LogP contribution in [0.2, 0.25) is 4.34 Å². The molecule has 3 heterocycles. The van der Waals surface area contributed by atoms with E-state index in [2.05, 4.69) is 9.88 Å². The van der Waals surface area contributed by atoms with Gasteiger partial charge in [0, 0.05) is 57.1 Å². The van der Waals surface area contributed by atoms with E-state index in [0.717, 1.165) is 18.8 Å². The lowest BCUT2D eigenvalue weighted by molar-refractivity contribution is -0.131. The van der Waals surface area contributed by atoms with Crippen LogP contribution in [0.3, 0.4) is 0 Å². The molecule has 24 heavy (non-hydrogen) atoms. The van der Waals surface area contributed by atoms with Gasteiger partial charge in [0.1, 0.15) is 0 Å². The van der Waals surface area contributed by atoms with Gasteiger partial charge in [0.25, 0.3) is 0 Å². The Balaban J connectivity index is 1.46. The van der Waals surface area contributed by atoms with Crippen LogP contribution >= 0.6 is 22.9 Å². The number of aromatic nitrogens is 1. The number of rotatable bonds is 5. The number of carbonyl (C=O) groups excluding carboxylic acids is 2. The number of pyridine rings is 1. The summed E-state index contributed by atoms with van der Waals surface area (Å²) in [5.41, 5.74) is 1.13. The molecule has 0 N–H and O–H groups in total. The fraction of sp³-hybridized carbons (Fsp3) is 0.353. The maximum absolute atomic E-state index is 12.3. The predicted molar refractivity (Wildman–Crippen MR) is 95.9 cm³/mol. The Morgan fingerprint density at radius 1 is 1.04 bits per heavy atom. The van der Waals surface area contributed by atoms with Crippen LogP contribution in [-0.4, -0.2) is 47.8 Å². The lowest BCUT2D eigenvalue weighted by atomic mass is 10.1. The first-order valence-corrected chi connectivity index (χ1v) is 9.04. The molecule has 1 fully saturated rings. The van der Waals surface area contributed by atoms with Gasteiger partial charge in [0.05, 0.1) is 9.21 Å². The number of hydrogen-bond acceptors (Lipinski definition) is 5. The van der Waals surface area contributed by atoms with Gasteiger partial charge in [-0.25, -0.2) is 0 Å². The van der Waals surface area contributed by atoms with Crippen LogP contribution in [0.25, 0.3) is 0 Å². The van der Waals surface area contributed by atoms with Crippen LogP contribution in [0, 0.1) is 0 Å². The maximum Gasteiger partial charge on any atom is 0.223 e. The minimum Gasteiger partial charge on any atom is -0.368 e. The molecule has 126 valence electrons. The first-order valence-electron chi connectivity index (χ1n) is 7.85. The first-order chi connectivity index (χ1) is 11.6. The van der Waals surface area contributed by atoms with Crippen molar-refractivity contribution >= 4 is 40.3 Å². The monoisotopic (exact) mass is 363 g/mol. The van der Waals surface area contributed by atoms with Gasteiger partial charge in [-0.1, -0.05) is 11.6 Å². The summed E-state index contributed by atoms with van der Waals surface area (Å²) in [5.74, 6) is 0.0241. The smallest absolute Gasteiger partial charge is 0.223 e. The second-order valence-electron chi connectivity index (χ2n) is 5.60. The van der Waals surface area contributed by atoms with Gasteiger partial charge >= 0.3 is 0 Å². The molecule has 1 aliphatic rings. The molecule has 0 aromatic carbocycles. The van der Waals surface area contributed by atoms with E-state index in [1.54, 1.807) is 24.5 Å². The maximum atomic E-state index is 12.3. The van der Waals surface area contributed by atoms with Crippen molar-refractivity contribution in [1.29, 1.82) is 0 Å². The third-order valence-electron chi connectivity index (χ3n) is 4.07. The van der Waals surface area contributed by atoms with Crippen molar-refractivity contribution in [2.75, 3.05) is 31.1 Å². The largest absolute Gasteiger partial charge is 0.368 e. The zero-order valence-corrected chi connectivity index (χ0v) is 14.7. The zero-order chi connectivity index (χ0) is 16.9. The number of nitrogens with zero attached hydrogens (tertiary/aromatic N) is 3. The van der Waals surface area contributed by atoms with E-state index in [9.17, 15) is 9.59 Å². The third kappa shape index (κ3) is 4.13. The van der Waals surface area contributed by atoms with Crippen LogP contribution in [0.15, 0.2) is 36.7 Å². The van der Waals surface area contributed by atoms with Gasteiger partial charge in [0.2, 0.25) is 5.91 Å². The van der Waals surface area contributed by atoms with Crippen LogP contribution in [0.1, 0.15) is 22.5 Å². The van der Waals surface area contributed by atoms with Gasteiger partial charge in [0.15, 0.2) is 5.78 Å². The van der Waals surface area contributed by atoms with Crippen LogP contribution in [-0.2, 0) is 4.79 Å². The number of amides is 1. The molecule has 5 nitrogen and oxygen atoms in total. The van der Waals surface area contributed by atoms with Crippen molar-refractivity contribution < 1.29 is 9.59 Å². The number of halogens is 1. The molecular weight excluding hydrogens is 346 g/mol. The fourth-order valence-corrected chi connectivity index (χ4v) is 3.75. The average molecular weight is 364 g/mol. The normalized spacial score (nSPS) is 14.7. The van der Waals surface area contributed by atoms with E-state index in [1.165, 1.54) is 11.3 Å². The Morgan fingerprint density at radius 3 is 2.38 bits per heavy atom. The molecule has 0 atom stereocenters. The summed E-state index contributed by atoms with van der Waals surface area (Å²) in [6.45, 7) is 2.95. The van der Waals surface area contributed by atoms with Crippen molar-refractivity contribution in [3.05, 3.63) is 45.9 Å². The van der Waals surface area contributed by atoms with E-state index in [0.29, 0.717) is 22.3 Å². The van der Waals surface area contributed by atoms with Crippen LogP contribution in [0.4, 0.5) is 5.69 Å². The highest BCUT2D eigenvalue weighted by molar-refractivity contribution is 7.18. The van der Waals surface area contributed by atoms with Gasteiger partial charge < -0.3 is 9.80 Å². The SMILES string of the molecule is O=C(CCC(=O)N1CCN(c2ccncc2)CC1)c1ccc(Cl)s1. The molecule has 2 aromatic rings. The summed E-state index contributed by atoms with van der Waals surface area (Å²) in [6, 6.07) is 7.37. The number of piperazine rings is 1. The number of thiophene rings is 1. The highest BCUT2D eigenvalue weighted by Gasteiger charge is 2.22. The minimum absolute atomic E-state index is 0.0179. The van der Waals surface area contributed by atoms with E-state index in [1.807, 2.05) is 17.0 Å². The van der Waals surface area contributed by atoms with Crippen LogP contribution < -0.4 is 4.90 Å². The number of anilines is 1. The molecule has 1 amide bonds. The van der Waals surface area contributed by atoms with E-state index in [4.69, 9.17) is 11.6 Å². The highest BCUT2D eigenvalue weighted by Crippen LogP contribution is 2.23. The van der Waals surface area contributed by atoms with Crippen LogP contribution in [0.5, 0.6) is 0 Å². The summed E-state index contributed by atoms with van der Waals surface area (Å²) in [7, 11) is 0. The first kappa shape index (κ1) is 16.9. The number of hydrogen-bond donors (Lipinski definition) is 0. The molecule has 1 saturated heterocycles. The second-order valence-corrected chi connectivity index (χ2v) is 7.32. The van der Waals surface area contributed by atoms with E-state index >= 15 is 0 Å². The van der Waals surface area contributed by atoms with Crippen molar-refractivity contribution in [3.63, 3.8) is 0 Å². The molecule has 0 radical (unpaired) electrons. The third-order valence-corrected chi connectivity index (χ3v) is 5.35. The van der Waals surface area contributed by atoms with E-state index < -0.39 is 0 Å². The Kier molecular flexibility index (Phi) is 5.48. The molecule has 0 saturated carbocycles. The van der Waals surface area contributed by atoms with E-state index in [-0.39, 0.29) is 24.5 Å². The quantitative estimate of drug-likeness (QED) is 0.766. The predicted octanol–water partition coefficient (Wildman–Crippen LogP) is 3.11. The lowest BCUT2D eigenvalue weighted by Crippen LogP contribution is -2.48. The molecule has 7 heteroatoms. The van der Waals surface area contributed by atoms with Gasteiger partial charge in [-0.05, 0) is 24.3 Å². The Morgan fingerprint density at radius 2 is 1.75 bits per heavy atom. The molecule has 2 aromatic heterocycles. The number of ketones is 1. The number of carbonyl (C=O) groups is 2. The Bertz CT molecular complexity index is 712.